The number of hydrogen-bond donors (Lipinski definition) is 3. The highest BCUT2D eigenvalue weighted by Gasteiger charge is 2.41. The van der Waals surface area contributed by atoms with Crippen molar-refractivity contribution in [2.24, 2.45) is 11.8 Å². The molecule has 3 amide bonds. The first-order chi connectivity index (χ1) is 16.5. The predicted molar refractivity (Wildman–Crippen MR) is 130 cm³/mol. The second-order valence-electron chi connectivity index (χ2n) is 9.84. The largest absolute Gasteiger partial charge is 0.445 e. The number of amides is 3. The molecule has 1 aromatic carbocycles. The summed E-state index contributed by atoms with van der Waals surface area (Å²) in [6, 6.07) is 7.20. The number of alkyl carbamates (subject to hydrolysis) is 1. The monoisotopic (exact) mass is 490 g/mol. The molecule has 0 bridgehead atoms. The third-order valence-electron chi connectivity index (χ3n) is 5.34. The summed E-state index contributed by atoms with van der Waals surface area (Å²) in [6.45, 7) is 11.3. The van der Waals surface area contributed by atoms with Crippen molar-refractivity contribution in [3.63, 3.8) is 0 Å². The molecule has 3 atom stereocenters. The normalized spacial score (nSPS) is 17.3. The summed E-state index contributed by atoms with van der Waals surface area (Å²) in [5, 5.41) is 6.62. The number of Topliss-reactive ketones (excluding diaryl/α,β-unsaturated/α-hetero) is 1. The molecule has 1 aliphatic rings. The van der Waals surface area contributed by atoms with Crippen LogP contribution in [0.15, 0.2) is 30.3 Å². The molecule has 10 heteroatoms. The van der Waals surface area contributed by atoms with Crippen LogP contribution in [0.3, 0.4) is 0 Å². The fraction of sp³-hybridized carbons (Fsp3) is 0.600. The number of cyclic esters (lactones) is 1. The zero-order valence-corrected chi connectivity index (χ0v) is 21.4. The van der Waals surface area contributed by atoms with E-state index in [2.05, 4.69) is 16.1 Å². The van der Waals surface area contributed by atoms with Crippen LogP contribution >= 0.6 is 0 Å². The van der Waals surface area contributed by atoms with Gasteiger partial charge in [-0.2, -0.15) is 5.43 Å². The van der Waals surface area contributed by atoms with Crippen molar-refractivity contribution in [1.82, 2.24) is 21.1 Å². The molecule has 0 radical (unpaired) electrons. The van der Waals surface area contributed by atoms with Gasteiger partial charge < -0.3 is 20.1 Å². The Morgan fingerprint density at radius 3 is 2.11 bits per heavy atom. The molecule has 2 rings (SSSR count). The molecule has 194 valence electrons. The van der Waals surface area contributed by atoms with Gasteiger partial charge in [-0.25, -0.2) is 14.6 Å². The Morgan fingerprint density at radius 2 is 1.57 bits per heavy atom. The van der Waals surface area contributed by atoms with Gasteiger partial charge in [-0.3, -0.25) is 9.59 Å². The van der Waals surface area contributed by atoms with Gasteiger partial charge in [0.05, 0.1) is 6.04 Å². The number of nitrogens with one attached hydrogen (secondary N) is 3. The van der Waals surface area contributed by atoms with Crippen LogP contribution in [0.4, 0.5) is 9.59 Å². The van der Waals surface area contributed by atoms with Crippen molar-refractivity contribution in [2.75, 3.05) is 0 Å². The van der Waals surface area contributed by atoms with E-state index in [1.54, 1.807) is 13.8 Å². The van der Waals surface area contributed by atoms with E-state index >= 15 is 0 Å². The summed E-state index contributed by atoms with van der Waals surface area (Å²) in [7, 11) is 0. The van der Waals surface area contributed by atoms with E-state index in [0.717, 1.165) is 5.56 Å². The minimum Gasteiger partial charge on any atom is -0.445 e. The Hall–Kier alpha value is -3.14. The van der Waals surface area contributed by atoms with E-state index in [4.69, 9.17) is 9.47 Å². The lowest BCUT2D eigenvalue weighted by Gasteiger charge is -2.26. The van der Waals surface area contributed by atoms with Crippen LogP contribution in [0.2, 0.25) is 0 Å². The number of nitrogens with zero attached hydrogens (tertiary/aromatic N) is 1. The SMILES string of the molecule is CC(C)C[C@H](NC(=O)OCc1ccccc1)C(=O)N[C@@H](CC(C)C)C(=O)C1NN(C(C)C)C(=O)O1. The van der Waals surface area contributed by atoms with Crippen LogP contribution in [0.5, 0.6) is 0 Å². The molecule has 3 N–H and O–H groups in total. The number of rotatable bonds is 12. The van der Waals surface area contributed by atoms with Gasteiger partial charge in [-0.1, -0.05) is 58.0 Å². The minimum absolute atomic E-state index is 0.0716. The lowest BCUT2D eigenvalue weighted by atomic mass is 9.97. The Kier molecular flexibility index (Phi) is 10.5. The molecular weight excluding hydrogens is 452 g/mol. The van der Waals surface area contributed by atoms with Gasteiger partial charge in [0.1, 0.15) is 12.6 Å². The first-order valence-corrected chi connectivity index (χ1v) is 12.0. The van der Waals surface area contributed by atoms with E-state index in [1.165, 1.54) is 5.01 Å². The fourth-order valence-electron chi connectivity index (χ4n) is 3.63. The third-order valence-corrected chi connectivity index (χ3v) is 5.34. The second kappa shape index (κ2) is 13.1. The Bertz CT molecular complexity index is 874. The number of ether oxygens (including phenoxy) is 2. The van der Waals surface area contributed by atoms with Gasteiger partial charge in [0.25, 0.3) is 0 Å². The Labute approximate surface area is 207 Å². The number of ketones is 1. The zero-order chi connectivity index (χ0) is 26.1. The van der Waals surface area contributed by atoms with Crippen LogP contribution in [0.25, 0.3) is 0 Å². The standard InChI is InChI=1S/C25H38N4O6/c1-15(2)12-19(21(30)23-28-29(17(5)6)25(33)35-23)26-22(31)20(13-16(3)4)27-24(32)34-14-18-10-8-7-9-11-18/h7-11,15-17,19-20,23,28H,12-14H2,1-6H3,(H,26,31)(H,27,32)/t19-,20-,23?/m0/s1. The average Bonchev–Trinajstić information content (AvgIpc) is 3.18. The maximum atomic E-state index is 13.2. The van der Waals surface area contributed by atoms with Gasteiger partial charge in [-0.15, -0.1) is 0 Å². The highest BCUT2D eigenvalue weighted by Crippen LogP contribution is 2.16. The molecule has 1 unspecified atom stereocenters. The molecule has 0 aliphatic carbocycles. The summed E-state index contributed by atoms with van der Waals surface area (Å²) in [6.07, 6.45) is -1.86. The van der Waals surface area contributed by atoms with Crippen LogP contribution in [0.1, 0.15) is 59.9 Å². The molecule has 0 spiro atoms. The van der Waals surface area contributed by atoms with E-state index in [0.29, 0.717) is 12.8 Å². The molecule has 1 aromatic rings. The summed E-state index contributed by atoms with van der Waals surface area (Å²) < 4.78 is 10.5. The van der Waals surface area contributed by atoms with Crippen molar-refractivity contribution in [3.05, 3.63) is 35.9 Å². The lowest BCUT2D eigenvalue weighted by Crippen LogP contribution is -2.55. The molecule has 0 saturated carbocycles. The van der Waals surface area contributed by atoms with Gasteiger partial charge in [0, 0.05) is 6.04 Å². The fourth-order valence-corrected chi connectivity index (χ4v) is 3.63. The molecule has 1 saturated heterocycles. The second-order valence-corrected chi connectivity index (χ2v) is 9.84. The highest BCUT2D eigenvalue weighted by atomic mass is 16.6. The first kappa shape index (κ1) is 28.1. The van der Waals surface area contributed by atoms with E-state index in [-0.39, 0.29) is 24.5 Å². The molecule has 1 aliphatic heterocycles. The number of benzene rings is 1. The zero-order valence-electron chi connectivity index (χ0n) is 21.4. The van der Waals surface area contributed by atoms with Crippen LogP contribution in [-0.2, 0) is 25.7 Å². The van der Waals surface area contributed by atoms with Crippen LogP contribution in [0, 0.1) is 11.8 Å². The summed E-state index contributed by atoms with van der Waals surface area (Å²) in [5.74, 6) is -0.788. The molecule has 10 nitrogen and oxygen atoms in total. The van der Waals surface area contributed by atoms with Gasteiger partial charge in [-0.05, 0) is 44.1 Å². The molecule has 0 aromatic heterocycles. The Morgan fingerprint density at radius 1 is 0.971 bits per heavy atom. The smallest absolute Gasteiger partial charge is 0.426 e. The van der Waals surface area contributed by atoms with Gasteiger partial charge in [0.15, 0.2) is 0 Å². The number of hydrazine groups is 1. The average molecular weight is 491 g/mol. The molecular formula is C25H38N4O6. The predicted octanol–water partition coefficient (Wildman–Crippen LogP) is 3.12. The quantitative estimate of drug-likeness (QED) is 0.411. The molecule has 1 fully saturated rings. The van der Waals surface area contributed by atoms with Gasteiger partial charge >= 0.3 is 12.2 Å². The Balaban J connectivity index is 2.06. The highest BCUT2D eigenvalue weighted by molar-refractivity contribution is 5.95. The van der Waals surface area contributed by atoms with Crippen molar-refractivity contribution < 1.29 is 28.7 Å². The number of carbonyl (C=O) groups is 4. The summed E-state index contributed by atoms with van der Waals surface area (Å²) in [5.41, 5.74) is 3.59. The lowest BCUT2D eigenvalue weighted by molar-refractivity contribution is -0.134. The van der Waals surface area contributed by atoms with Crippen molar-refractivity contribution in [3.8, 4) is 0 Å². The minimum atomic E-state index is -1.19. The topological polar surface area (TPSA) is 126 Å². The van der Waals surface area contributed by atoms with Crippen molar-refractivity contribution >= 4 is 23.9 Å². The first-order valence-electron chi connectivity index (χ1n) is 12.0. The van der Waals surface area contributed by atoms with E-state index in [1.807, 2.05) is 58.0 Å². The van der Waals surface area contributed by atoms with Gasteiger partial charge in [0.2, 0.25) is 17.9 Å². The molecule has 1 heterocycles. The third kappa shape index (κ3) is 8.86. The number of carbonyl (C=O) groups excluding carboxylic acids is 4. The maximum absolute atomic E-state index is 13.2. The summed E-state index contributed by atoms with van der Waals surface area (Å²) in [4.78, 5) is 50.8. The molecule has 35 heavy (non-hydrogen) atoms. The summed E-state index contributed by atoms with van der Waals surface area (Å²) >= 11 is 0. The van der Waals surface area contributed by atoms with E-state index < -0.39 is 42.2 Å². The van der Waals surface area contributed by atoms with Crippen molar-refractivity contribution in [1.29, 1.82) is 0 Å². The number of hydrogen-bond acceptors (Lipinski definition) is 7. The maximum Gasteiger partial charge on any atom is 0.426 e. The van der Waals surface area contributed by atoms with Crippen LogP contribution in [-0.4, -0.2) is 53.2 Å². The van der Waals surface area contributed by atoms with E-state index in [9.17, 15) is 19.2 Å². The van der Waals surface area contributed by atoms with Crippen LogP contribution < -0.4 is 16.1 Å². The van der Waals surface area contributed by atoms with Crippen molar-refractivity contribution in [2.45, 2.75) is 85.3 Å².